The Balaban J connectivity index is 1.56. The standard InChI is InChI=1S/C25H18BrClN2O6S/c1-34-21-11-15(10-18(26)23(21)35-14-17-7-2-4-8-19(17)27)12-22-24(30)28(25(31)36-22)13-16-6-3-5-9-20(16)29(32)33/h2-12H,13-14H2,1H3. The van der Waals surface area contributed by atoms with Crippen molar-refractivity contribution in [3.8, 4) is 11.5 Å². The zero-order valence-electron chi connectivity index (χ0n) is 18.8. The van der Waals surface area contributed by atoms with E-state index < -0.39 is 16.1 Å². The van der Waals surface area contributed by atoms with Crippen molar-refractivity contribution in [2.45, 2.75) is 13.2 Å². The molecule has 1 aliphatic rings. The summed E-state index contributed by atoms with van der Waals surface area (Å²) in [4.78, 5) is 37.5. The molecule has 0 saturated carbocycles. The van der Waals surface area contributed by atoms with Gasteiger partial charge in [0.2, 0.25) is 0 Å². The first-order chi connectivity index (χ1) is 17.3. The predicted molar refractivity (Wildman–Crippen MR) is 141 cm³/mol. The Bertz CT molecular complexity index is 1400. The van der Waals surface area contributed by atoms with Gasteiger partial charge in [-0.15, -0.1) is 0 Å². The van der Waals surface area contributed by atoms with Crippen LogP contribution in [0.2, 0.25) is 5.02 Å². The van der Waals surface area contributed by atoms with Gasteiger partial charge in [-0.3, -0.25) is 24.6 Å². The number of nitro groups is 1. The maximum absolute atomic E-state index is 13.0. The minimum Gasteiger partial charge on any atom is -0.493 e. The first-order valence-electron chi connectivity index (χ1n) is 10.5. The number of hydrogen-bond acceptors (Lipinski definition) is 7. The predicted octanol–water partition coefficient (Wildman–Crippen LogP) is 6.83. The summed E-state index contributed by atoms with van der Waals surface area (Å²) in [5.41, 5.74) is 1.53. The first-order valence-corrected chi connectivity index (χ1v) is 12.5. The number of carbonyl (C=O) groups is 2. The SMILES string of the molecule is COc1cc(C=C2SC(=O)N(Cc3ccccc3[N+](=O)[O-])C2=O)cc(Br)c1OCc1ccccc1Cl. The van der Waals surface area contributed by atoms with Crippen molar-refractivity contribution >= 4 is 62.2 Å². The van der Waals surface area contributed by atoms with Gasteiger partial charge in [-0.05, 0) is 57.5 Å². The smallest absolute Gasteiger partial charge is 0.293 e. The second-order valence-corrected chi connectivity index (χ2v) is 9.82. The summed E-state index contributed by atoms with van der Waals surface area (Å²) in [7, 11) is 1.49. The van der Waals surface area contributed by atoms with Crippen molar-refractivity contribution in [2.75, 3.05) is 7.11 Å². The average molecular weight is 590 g/mol. The molecule has 0 aromatic heterocycles. The number of thioether (sulfide) groups is 1. The molecule has 1 saturated heterocycles. The fraction of sp³-hybridized carbons (Fsp3) is 0.120. The second-order valence-electron chi connectivity index (χ2n) is 7.57. The molecule has 8 nitrogen and oxygen atoms in total. The molecule has 1 aliphatic heterocycles. The molecular weight excluding hydrogens is 572 g/mol. The quantitative estimate of drug-likeness (QED) is 0.161. The highest BCUT2D eigenvalue weighted by Gasteiger charge is 2.36. The van der Waals surface area contributed by atoms with Gasteiger partial charge in [-0.2, -0.15) is 0 Å². The number of carbonyl (C=O) groups excluding carboxylic acids is 2. The molecule has 1 fully saturated rings. The van der Waals surface area contributed by atoms with Crippen molar-refractivity contribution in [2.24, 2.45) is 0 Å². The summed E-state index contributed by atoms with van der Waals surface area (Å²) >= 11 is 10.5. The van der Waals surface area contributed by atoms with Crippen LogP contribution in [-0.2, 0) is 17.9 Å². The van der Waals surface area contributed by atoms with Crippen LogP contribution in [0.3, 0.4) is 0 Å². The Morgan fingerprint density at radius 3 is 2.50 bits per heavy atom. The summed E-state index contributed by atoms with van der Waals surface area (Å²) in [6.45, 7) is 0.0273. The normalized spacial score (nSPS) is 14.4. The Morgan fingerprint density at radius 1 is 1.11 bits per heavy atom. The number of rotatable bonds is 8. The Hall–Kier alpha value is -3.34. The van der Waals surface area contributed by atoms with Gasteiger partial charge >= 0.3 is 0 Å². The highest BCUT2D eigenvalue weighted by Crippen LogP contribution is 2.40. The van der Waals surface area contributed by atoms with Crippen molar-refractivity contribution in [3.63, 3.8) is 0 Å². The molecule has 0 aliphatic carbocycles. The van der Waals surface area contributed by atoms with E-state index in [0.29, 0.717) is 26.6 Å². The minimum absolute atomic E-state index is 0.151. The number of hydrogen-bond donors (Lipinski definition) is 0. The summed E-state index contributed by atoms with van der Waals surface area (Å²) in [5.74, 6) is 0.346. The molecular formula is C25H18BrClN2O6S. The lowest BCUT2D eigenvalue weighted by molar-refractivity contribution is -0.385. The molecule has 2 amide bonds. The molecule has 3 aromatic carbocycles. The minimum atomic E-state index is -0.538. The van der Waals surface area contributed by atoms with Gasteiger partial charge in [-0.1, -0.05) is 48.0 Å². The van der Waals surface area contributed by atoms with E-state index in [0.717, 1.165) is 22.2 Å². The third kappa shape index (κ3) is 5.56. The van der Waals surface area contributed by atoms with E-state index in [-0.39, 0.29) is 29.3 Å². The highest BCUT2D eigenvalue weighted by atomic mass is 79.9. The lowest BCUT2D eigenvalue weighted by Gasteiger charge is -2.14. The largest absolute Gasteiger partial charge is 0.493 e. The van der Waals surface area contributed by atoms with Crippen molar-refractivity contribution in [3.05, 3.63) is 102 Å². The van der Waals surface area contributed by atoms with Crippen LogP contribution >= 0.6 is 39.3 Å². The third-order valence-electron chi connectivity index (χ3n) is 5.27. The van der Waals surface area contributed by atoms with Crippen molar-refractivity contribution in [1.82, 2.24) is 4.90 Å². The van der Waals surface area contributed by atoms with Crippen LogP contribution in [0.4, 0.5) is 10.5 Å². The van der Waals surface area contributed by atoms with Gasteiger partial charge in [0.25, 0.3) is 16.8 Å². The highest BCUT2D eigenvalue weighted by molar-refractivity contribution is 9.10. The Kier molecular flexibility index (Phi) is 7.97. The number of nitro benzene ring substituents is 1. The monoisotopic (exact) mass is 588 g/mol. The number of amides is 2. The van der Waals surface area contributed by atoms with Gasteiger partial charge < -0.3 is 9.47 Å². The lowest BCUT2D eigenvalue weighted by atomic mass is 10.1. The molecule has 0 bridgehead atoms. The fourth-order valence-electron chi connectivity index (χ4n) is 3.51. The van der Waals surface area contributed by atoms with Gasteiger partial charge in [-0.25, -0.2) is 0 Å². The third-order valence-corrected chi connectivity index (χ3v) is 7.13. The number of methoxy groups -OCH3 is 1. The van der Waals surface area contributed by atoms with Gasteiger partial charge in [0.05, 0.1) is 28.0 Å². The second kappa shape index (κ2) is 11.2. The number of imide groups is 1. The molecule has 0 atom stereocenters. The molecule has 184 valence electrons. The number of nitrogens with zero attached hydrogens (tertiary/aromatic N) is 2. The molecule has 0 radical (unpaired) electrons. The van der Waals surface area contributed by atoms with E-state index in [1.54, 1.807) is 30.3 Å². The van der Waals surface area contributed by atoms with Gasteiger partial charge in [0.1, 0.15) is 6.61 Å². The first kappa shape index (κ1) is 25.7. The average Bonchev–Trinajstić information content (AvgIpc) is 3.11. The topological polar surface area (TPSA) is 99.0 Å². The lowest BCUT2D eigenvalue weighted by Crippen LogP contribution is -2.27. The summed E-state index contributed by atoms with van der Waals surface area (Å²) in [6.07, 6.45) is 1.56. The molecule has 1 heterocycles. The van der Waals surface area contributed by atoms with Gasteiger partial charge in [0.15, 0.2) is 11.5 Å². The van der Waals surface area contributed by atoms with Gasteiger partial charge in [0, 0.05) is 22.2 Å². The molecule has 11 heteroatoms. The fourth-order valence-corrected chi connectivity index (χ4v) is 5.11. The maximum Gasteiger partial charge on any atom is 0.293 e. The van der Waals surface area contributed by atoms with Crippen LogP contribution in [-0.4, -0.2) is 28.1 Å². The summed E-state index contributed by atoms with van der Waals surface area (Å²) in [6, 6.07) is 16.8. The van der Waals surface area contributed by atoms with Crippen molar-refractivity contribution in [1.29, 1.82) is 0 Å². The zero-order valence-corrected chi connectivity index (χ0v) is 21.9. The van der Waals surface area contributed by atoms with E-state index in [1.807, 2.05) is 18.2 Å². The van der Waals surface area contributed by atoms with E-state index in [2.05, 4.69) is 15.9 Å². The Labute approximate surface area is 224 Å². The van der Waals surface area contributed by atoms with E-state index in [4.69, 9.17) is 21.1 Å². The summed E-state index contributed by atoms with van der Waals surface area (Å²) in [5, 5.41) is 11.4. The van der Waals surface area contributed by atoms with E-state index in [9.17, 15) is 19.7 Å². The maximum atomic E-state index is 13.0. The van der Waals surface area contributed by atoms with E-state index in [1.165, 1.54) is 25.3 Å². The molecule has 4 rings (SSSR count). The van der Waals surface area contributed by atoms with Crippen LogP contribution in [0.25, 0.3) is 6.08 Å². The van der Waals surface area contributed by atoms with Crippen LogP contribution < -0.4 is 9.47 Å². The number of halogens is 2. The van der Waals surface area contributed by atoms with Crippen LogP contribution in [0.1, 0.15) is 16.7 Å². The Morgan fingerprint density at radius 2 is 1.81 bits per heavy atom. The van der Waals surface area contributed by atoms with Crippen LogP contribution in [0.5, 0.6) is 11.5 Å². The van der Waals surface area contributed by atoms with Crippen molar-refractivity contribution < 1.29 is 24.0 Å². The molecule has 0 N–H and O–H groups in total. The molecule has 3 aromatic rings. The molecule has 0 unspecified atom stereocenters. The molecule has 36 heavy (non-hydrogen) atoms. The van der Waals surface area contributed by atoms with Crippen LogP contribution in [0, 0.1) is 10.1 Å². The molecule has 0 spiro atoms. The van der Waals surface area contributed by atoms with Crippen LogP contribution in [0.15, 0.2) is 70.0 Å². The number of benzene rings is 3. The summed E-state index contributed by atoms with van der Waals surface area (Å²) < 4.78 is 12.0. The zero-order chi connectivity index (χ0) is 25.8. The number of para-hydroxylation sites is 1. The number of ether oxygens (including phenoxy) is 2. The van der Waals surface area contributed by atoms with E-state index >= 15 is 0 Å².